The second-order valence-electron chi connectivity index (χ2n) is 6.18. The molecule has 1 atom stereocenters. The quantitative estimate of drug-likeness (QED) is 0.661. The number of carbonyl (C=O) groups excluding carboxylic acids is 1. The first kappa shape index (κ1) is 20.0. The molecular weight excluding hydrogens is 357 g/mol. The molecule has 2 aromatic rings. The molecule has 0 aliphatic heterocycles. The Balaban J connectivity index is 2.02. The fourth-order valence-corrected chi connectivity index (χ4v) is 3.61. The highest BCUT2D eigenvalue weighted by atomic mass is 32.2. The molecule has 0 aromatic heterocycles. The van der Waals surface area contributed by atoms with E-state index in [1.807, 2.05) is 7.05 Å². The minimum Gasteiger partial charge on any atom is -0.326 e. The number of rotatable bonds is 7. The summed E-state index contributed by atoms with van der Waals surface area (Å²) in [6.45, 7) is 2.35. The van der Waals surface area contributed by atoms with Crippen molar-refractivity contribution in [2.75, 3.05) is 26.0 Å². The van der Waals surface area contributed by atoms with E-state index in [4.69, 9.17) is 0 Å². The van der Waals surface area contributed by atoms with Crippen molar-refractivity contribution in [3.8, 4) is 0 Å². The summed E-state index contributed by atoms with van der Waals surface area (Å²) in [5.74, 6) is -0.562. The van der Waals surface area contributed by atoms with Gasteiger partial charge < -0.3 is 10.2 Å². The third-order valence-electron chi connectivity index (χ3n) is 3.89. The van der Waals surface area contributed by atoms with Gasteiger partial charge in [0.2, 0.25) is 10.0 Å². The van der Waals surface area contributed by atoms with Gasteiger partial charge in [0.15, 0.2) is 6.54 Å². The number of sulfonamides is 1. The predicted molar refractivity (Wildman–Crippen MR) is 97.9 cm³/mol. The van der Waals surface area contributed by atoms with Crippen LogP contribution in [0.5, 0.6) is 0 Å². The summed E-state index contributed by atoms with van der Waals surface area (Å²) in [7, 11) is -0.429. The minimum absolute atomic E-state index is 0.123. The van der Waals surface area contributed by atoms with Gasteiger partial charge >= 0.3 is 0 Å². The van der Waals surface area contributed by atoms with Gasteiger partial charge in [0.1, 0.15) is 12.4 Å². The minimum atomic E-state index is -3.60. The van der Waals surface area contributed by atoms with Crippen LogP contribution in [0.25, 0.3) is 0 Å². The van der Waals surface area contributed by atoms with Crippen molar-refractivity contribution in [2.24, 2.45) is 0 Å². The van der Waals surface area contributed by atoms with Crippen molar-refractivity contribution in [1.82, 2.24) is 4.72 Å². The lowest BCUT2D eigenvalue weighted by molar-refractivity contribution is -0.885. The summed E-state index contributed by atoms with van der Waals surface area (Å²) in [5, 5.41) is 2.71. The van der Waals surface area contributed by atoms with E-state index in [1.54, 1.807) is 31.2 Å². The summed E-state index contributed by atoms with van der Waals surface area (Å²) in [6, 6.07) is 11.0. The van der Waals surface area contributed by atoms with Crippen LogP contribution in [0.4, 0.5) is 10.1 Å². The van der Waals surface area contributed by atoms with Crippen molar-refractivity contribution in [1.29, 1.82) is 0 Å². The van der Waals surface area contributed by atoms with Crippen LogP contribution in [0.2, 0.25) is 0 Å². The van der Waals surface area contributed by atoms with Gasteiger partial charge in [-0.05, 0) is 43.8 Å². The third-order valence-corrected chi connectivity index (χ3v) is 5.44. The van der Waals surface area contributed by atoms with Gasteiger partial charge in [-0.25, -0.2) is 17.5 Å². The molecule has 1 unspecified atom stereocenters. The molecular formula is C18H23FN3O3S+. The highest BCUT2D eigenvalue weighted by Crippen LogP contribution is 2.19. The number of anilines is 1. The molecule has 0 fully saturated rings. The Morgan fingerprint density at radius 1 is 1.19 bits per heavy atom. The van der Waals surface area contributed by atoms with E-state index in [2.05, 4.69) is 10.0 Å². The number of likely N-dealkylation sites (N-methyl/N-ethyl adjacent to an activating group) is 1. The number of benzene rings is 2. The fraction of sp³-hybridized carbons (Fsp3) is 0.278. The number of aryl methyl sites for hydroxylation is 1. The lowest BCUT2D eigenvalue weighted by Gasteiger charge is -2.15. The Kier molecular flexibility index (Phi) is 6.47. The van der Waals surface area contributed by atoms with Crippen LogP contribution >= 0.6 is 0 Å². The molecule has 1 amide bonds. The smallest absolute Gasteiger partial charge is 0.279 e. The monoisotopic (exact) mass is 380 g/mol. The van der Waals surface area contributed by atoms with Crippen LogP contribution in [0.15, 0.2) is 47.4 Å². The Labute approximate surface area is 153 Å². The largest absolute Gasteiger partial charge is 0.326 e. The van der Waals surface area contributed by atoms with Crippen molar-refractivity contribution in [3.63, 3.8) is 0 Å². The fourth-order valence-electron chi connectivity index (χ4n) is 2.61. The van der Waals surface area contributed by atoms with E-state index in [1.165, 1.54) is 25.2 Å². The van der Waals surface area contributed by atoms with Gasteiger partial charge in [-0.15, -0.1) is 0 Å². The summed E-state index contributed by atoms with van der Waals surface area (Å²) in [4.78, 5) is 13.2. The van der Waals surface area contributed by atoms with E-state index < -0.39 is 10.0 Å². The number of carbonyl (C=O) groups is 1. The number of hydrogen-bond acceptors (Lipinski definition) is 3. The Hall–Kier alpha value is -2.29. The first-order valence-electron chi connectivity index (χ1n) is 8.11. The molecule has 0 saturated heterocycles. The molecule has 0 heterocycles. The second kappa shape index (κ2) is 8.39. The van der Waals surface area contributed by atoms with Gasteiger partial charge in [0.05, 0.1) is 11.9 Å². The number of halogens is 1. The summed E-state index contributed by atoms with van der Waals surface area (Å²) in [5.41, 5.74) is 1.80. The molecule has 2 aromatic carbocycles. The summed E-state index contributed by atoms with van der Waals surface area (Å²) < 4.78 is 39.5. The average molecular weight is 380 g/mol. The molecule has 0 radical (unpaired) electrons. The molecule has 0 spiro atoms. The Morgan fingerprint density at radius 3 is 2.58 bits per heavy atom. The Bertz CT molecular complexity index is 900. The zero-order valence-electron chi connectivity index (χ0n) is 15.0. The second-order valence-corrected chi connectivity index (χ2v) is 8.03. The van der Waals surface area contributed by atoms with E-state index in [0.717, 1.165) is 10.5 Å². The van der Waals surface area contributed by atoms with Crippen LogP contribution in [0.1, 0.15) is 11.1 Å². The summed E-state index contributed by atoms with van der Waals surface area (Å²) >= 11 is 0. The van der Waals surface area contributed by atoms with Crippen LogP contribution in [0.3, 0.4) is 0 Å². The molecule has 0 aliphatic rings. The number of quaternary nitrogens is 1. The first-order valence-corrected chi connectivity index (χ1v) is 9.59. The van der Waals surface area contributed by atoms with Gasteiger partial charge in [-0.3, -0.25) is 4.79 Å². The van der Waals surface area contributed by atoms with Crippen molar-refractivity contribution in [2.45, 2.75) is 18.4 Å². The number of nitrogens with one attached hydrogen (secondary N) is 3. The topological polar surface area (TPSA) is 79.7 Å². The van der Waals surface area contributed by atoms with Gasteiger partial charge in [0.25, 0.3) is 5.91 Å². The highest BCUT2D eigenvalue weighted by Gasteiger charge is 2.17. The zero-order valence-corrected chi connectivity index (χ0v) is 15.8. The first-order chi connectivity index (χ1) is 12.2. The van der Waals surface area contributed by atoms with E-state index in [9.17, 15) is 17.6 Å². The molecule has 140 valence electrons. The standard InChI is InChI=1S/C18H22FN3O3S/c1-13-7-8-16(10-17(13)26(24,25)20-2)21-18(23)12-22(3)11-14-5-4-6-15(19)9-14/h4-10,20H,11-12H2,1-3H3,(H,21,23)/p+1. The highest BCUT2D eigenvalue weighted by molar-refractivity contribution is 7.89. The van der Waals surface area contributed by atoms with Crippen molar-refractivity contribution in [3.05, 3.63) is 59.4 Å². The number of hydrogen-bond donors (Lipinski definition) is 3. The van der Waals surface area contributed by atoms with E-state index in [-0.39, 0.29) is 23.2 Å². The maximum atomic E-state index is 13.2. The molecule has 0 aliphatic carbocycles. The molecule has 26 heavy (non-hydrogen) atoms. The van der Waals surface area contributed by atoms with Gasteiger partial charge in [-0.1, -0.05) is 18.2 Å². The SMILES string of the molecule is CNS(=O)(=O)c1cc(NC(=O)C[NH+](C)Cc2cccc(F)c2)ccc1C. The molecule has 0 bridgehead atoms. The lowest BCUT2D eigenvalue weighted by atomic mass is 10.2. The molecule has 6 nitrogen and oxygen atoms in total. The lowest BCUT2D eigenvalue weighted by Crippen LogP contribution is -3.08. The van der Waals surface area contributed by atoms with E-state index in [0.29, 0.717) is 17.8 Å². The zero-order chi connectivity index (χ0) is 19.3. The molecule has 0 saturated carbocycles. The Morgan fingerprint density at radius 2 is 1.92 bits per heavy atom. The maximum absolute atomic E-state index is 13.2. The van der Waals surface area contributed by atoms with Crippen LogP contribution in [0, 0.1) is 12.7 Å². The van der Waals surface area contributed by atoms with Crippen LogP contribution in [-0.2, 0) is 21.4 Å². The maximum Gasteiger partial charge on any atom is 0.279 e. The molecule has 3 N–H and O–H groups in total. The van der Waals surface area contributed by atoms with Crippen LogP contribution < -0.4 is 14.9 Å². The van der Waals surface area contributed by atoms with Gasteiger partial charge in [-0.2, -0.15) is 0 Å². The predicted octanol–water partition coefficient (Wildman–Crippen LogP) is 0.696. The normalized spacial score (nSPS) is 12.6. The summed E-state index contributed by atoms with van der Waals surface area (Å²) in [6.07, 6.45) is 0. The van der Waals surface area contributed by atoms with Crippen molar-refractivity contribution >= 4 is 21.6 Å². The number of amides is 1. The third kappa shape index (κ3) is 5.35. The van der Waals surface area contributed by atoms with E-state index >= 15 is 0 Å². The van der Waals surface area contributed by atoms with Crippen LogP contribution in [-0.4, -0.2) is 35.0 Å². The average Bonchev–Trinajstić information content (AvgIpc) is 2.56. The molecule has 8 heteroatoms. The molecule has 2 rings (SSSR count). The van der Waals surface area contributed by atoms with Crippen molar-refractivity contribution < 1.29 is 22.5 Å². The van der Waals surface area contributed by atoms with Gasteiger partial charge in [0, 0.05) is 11.3 Å².